The van der Waals surface area contributed by atoms with Crippen LogP contribution in [0.15, 0.2) is 0 Å². The molecule has 0 aromatic rings. The Bertz CT molecular complexity index is 240. The van der Waals surface area contributed by atoms with E-state index in [1.807, 2.05) is 0 Å². The Morgan fingerprint density at radius 2 is 1.31 bits per heavy atom. The van der Waals surface area contributed by atoms with Crippen molar-refractivity contribution < 1.29 is 37.6 Å². The Balaban J connectivity index is 0.000000149. The molecule has 7 heteroatoms. The summed E-state index contributed by atoms with van der Waals surface area (Å²) in [6.07, 6.45) is 5.83. The third-order valence-corrected chi connectivity index (χ3v) is 3.41. The SMILES string of the molecule is O=S(=O)(O)O.[Pt][N](C1CC1)C1CC1. The topological polar surface area (TPSA) is 77.8 Å². The van der Waals surface area contributed by atoms with Gasteiger partial charge in [-0.15, -0.1) is 0 Å². The van der Waals surface area contributed by atoms with E-state index in [0.717, 1.165) is 12.1 Å². The summed E-state index contributed by atoms with van der Waals surface area (Å²) in [5.41, 5.74) is 0. The van der Waals surface area contributed by atoms with Gasteiger partial charge in [0, 0.05) is 0 Å². The summed E-state index contributed by atoms with van der Waals surface area (Å²) in [5.74, 6) is 0. The molecule has 0 aromatic carbocycles. The van der Waals surface area contributed by atoms with Crippen molar-refractivity contribution in [2.24, 2.45) is 0 Å². The second-order valence-corrected chi connectivity index (χ2v) is 5.29. The van der Waals surface area contributed by atoms with Crippen molar-refractivity contribution in [3.8, 4) is 0 Å². The van der Waals surface area contributed by atoms with Crippen LogP contribution in [0.2, 0.25) is 0 Å². The van der Waals surface area contributed by atoms with E-state index in [4.69, 9.17) is 17.5 Å². The van der Waals surface area contributed by atoms with Crippen molar-refractivity contribution in [2.75, 3.05) is 0 Å². The van der Waals surface area contributed by atoms with Crippen LogP contribution in [0.4, 0.5) is 0 Å². The molecule has 0 aromatic heterocycles. The summed E-state index contributed by atoms with van der Waals surface area (Å²) in [6, 6.07) is 1.95. The van der Waals surface area contributed by atoms with Crippen molar-refractivity contribution in [1.82, 2.24) is 3.46 Å². The maximum atomic E-state index is 8.74. The number of rotatable bonds is 2. The van der Waals surface area contributed by atoms with E-state index in [-0.39, 0.29) is 0 Å². The fourth-order valence-corrected chi connectivity index (χ4v) is 2.08. The molecule has 2 rings (SSSR count). The normalized spacial score (nSPS) is 22.5. The van der Waals surface area contributed by atoms with E-state index in [2.05, 4.69) is 23.5 Å². The van der Waals surface area contributed by atoms with Gasteiger partial charge in [0.15, 0.2) is 0 Å². The number of nitrogens with zero attached hydrogens (tertiary/aromatic N) is 1. The predicted octanol–water partition coefficient (Wildman–Crippen LogP) is 0.422. The molecule has 0 radical (unpaired) electrons. The van der Waals surface area contributed by atoms with Gasteiger partial charge in [0.05, 0.1) is 0 Å². The summed E-state index contributed by atoms with van der Waals surface area (Å²) in [7, 11) is -4.67. The molecule has 2 saturated carbocycles. The quantitative estimate of drug-likeness (QED) is 0.670. The molecule has 0 atom stereocenters. The van der Waals surface area contributed by atoms with Crippen molar-refractivity contribution in [1.29, 1.82) is 0 Å². The third-order valence-electron chi connectivity index (χ3n) is 1.75. The van der Waals surface area contributed by atoms with E-state index in [9.17, 15) is 0 Å². The molecule has 0 bridgehead atoms. The molecule has 0 heterocycles. The van der Waals surface area contributed by atoms with Crippen LogP contribution >= 0.6 is 0 Å². The zero-order valence-electron chi connectivity index (χ0n) is 6.87. The molecular weight excluding hydrogens is 377 g/mol. The zero-order chi connectivity index (χ0) is 10.1. The average Bonchev–Trinajstić information content (AvgIpc) is 2.80. The minimum absolute atomic E-state index is 0.976. The third kappa shape index (κ3) is 6.57. The standard InChI is InChI=1S/C6H10N.H2O4S.Pt/c1-2-5(1)7-6-3-4-6;1-5(2,3)4;/h5-6H,1-4H2;(H2,1,2,3,4);/q-1;;+1. The number of hydrogen-bond acceptors (Lipinski definition) is 3. The van der Waals surface area contributed by atoms with Crippen LogP contribution in [0.1, 0.15) is 25.7 Å². The van der Waals surface area contributed by atoms with Crippen LogP contribution in [-0.2, 0) is 30.5 Å². The molecule has 2 N–H and O–H groups in total. The Morgan fingerprint density at radius 3 is 1.46 bits per heavy atom. The molecule has 0 unspecified atom stereocenters. The van der Waals surface area contributed by atoms with Gasteiger partial charge in [-0.25, -0.2) is 0 Å². The van der Waals surface area contributed by atoms with Crippen LogP contribution in [0.5, 0.6) is 0 Å². The second-order valence-electron chi connectivity index (χ2n) is 3.22. The van der Waals surface area contributed by atoms with Crippen LogP contribution in [0.25, 0.3) is 0 Å². The first-order chi connectivity index (χ1) is 5.88. The molecule has 0 aliphatic heterocycles. The van der Waals surface area contributed by atoms with Crippen molar-refractivity contribution in [2.45, 2.75) is 37.8 Å². The zero-order valence-corrected chi connectivity index (χ0v) is 9.95. The van der Waals surface area contributed by atoms with Gasteiger partial charge in [-0.05, 0) is 0 Å². The minimum atomic E-state index is -4.67. The first-order valence-electron chi connectivity index (χ1n) is 3.99. The van der Waals surface area contributed by atoms with E-state index in [1.165, 1.54) is 25.7 Å². The Labute approximate surface area is 89.3 Å². The van der Waals surface area contributed by atoms with Crippen molar-refractivity contribution >= 4 is 10.4 Å². The second kappa shape index (κ2) is 4.36. The summed E-state index contributed by atoms with van der Waals surface area (Å²) in [4.78, 5) is 0. The molecule has 81 valence electrons. The molecule has 13 heavy (non-hydrogen) atoms. The molecule has 0 amide bonds. The predicted molar refractivity (Wildman–Crippen MR) is 42.1 cm³/mol. The van der Waals surface area contributed by atoms with Crippen LogP contribution < -0.4 is 0 Å². The van der Waals surface area contributed by atoms with E-state index < -0.39 is 10.4 Å². The van der Waals surface area contributed by atoms with Gasteiger partial charge in [0.1, 0.15) is 0 Å². The van der Waals surface area contributed by atoms with Crippen LogP contribution in [0, 0.1) is 0 Å². The Hall–Kier alpha value is 0.518. The molecular formula is C6H12NO4PtS. The van der Waals surface area contributed by atoms with Gasteiger partial charge in [-0.1, -0.05) is 0 Å². The fourth-order valence-electron chi connectivity index (χ4n) is 0.909. The first kappa shape index (κ1) is 11.6. The van der Waals surface area contributed by atoms with Gasteiger partial charge < -0.3 is 0 Å². The molecule has 2 fully saturated rings. The fraction of sp³-hybridized carbons (Fsp3) is 1.00. The van der Waals surface area contributed by atoms with Gasteiger partial charge in [-0.3, -0.25) is 9.11 Å². The van der Waals surface area contributed by atoms with Crippen LogP contribution in [-0.4, -0.2) is 33.1 Å². The molecule has 2 aliphatic carbocycles. The maximum absolute atomic E-state index is 8.74. The average molecular weight is 389 g/mol. The van der Waals surface area contributed by atoms with E-state index >= 15 is 0 Å². The summed E-state index contributed by atoms with van der Waals surface area (Å²) < 4.78 is 34.1. The van der Waals surface area contributed by atoms with E-state index in [0.29, 0.717) is 0 Å². The molecule has 0 saturated heterocycles. The molecule has 2 aliphatic rings. The molecule has 5 nitrogen and oxygen atoms in total. The van der Waals surface area contributed by atoms with Crippen molar-refractivity contribution in [3.05, 3.63) is 0 Å². The van der Waals surface area contributed by atoms with Crippen LogP contribution in [0.3, 0.4) is 0 Å². The Kier molecular flexibility index (Phi) is 3.89. The monoisotopic (exact) mass is 389 g/mol. The molecule has 0 spiro atoms. The van der Waals surface area contributed by atoms with Gasteiger partial charge in [0.2, 0.25) is 0 Å². The van der Waals surface area contributed by atoms with Gasteiger partial charge in [0.25, 0.3) is 0 Å². The van der Waals surface area contributed by atoms with Crippen molar-refractivity contribution in [3.63, 3.8) is 0 Å². The summed E-state index contributed by atoms with van der Waals surface area (Å²) >= 11 is 2.46. The first-order valence-corrected chi connectivity index (χ1v) is 6.40. The van der Waals surface area contributed by atoms with Gasteiger partial charge in [-0.2, -0.15) is 8.42 Å². The van der Waals surface area contributed by atoms with Gasteiger partial charge >= 0.3 is 71.7 Å². The summed E-state index contributed by atoms with van der Waals surface area (Å²) in [6.45, 7) is 0. The summed E-state index contributed by atoms with van der Waals surface area (Å²) in [5, 5.41) is 0. The number of hydrogen-bond donors (Lipinski definition) is 2. The van der Waals surface area contributed by atoms with E-state index in [1.54, 1.807) is 0 Å². The Morgan fingerprint density at radius 1 is 1.08 bits per heavy atom.